The highest BCUT2D eigenvalue weighted by molar-refractivity contribution is 14.0. The highest BCUT2D eigenvalue weighted by Crippen LogP contribution is 2.29. The number of benzene rings is 1. The van der Waals surface area contributed by atoms with E-state index in [0.717, 1.165) is 12.1 Å². The molecule has 1 aromatic heterocycles. The molecule has 2 aromatic rings. The number of guanidine groups is 1. The monoisotopic (exact) mass is 453 g/mol. The van der Waals surface area contributed by atoms with Crippen molar-refractivity contribution < 1.29 is 13.2 Å². The van der Waals surface area contributed by atoms with Gasteiger partial charge in [-0.15, -0.1) is 24.0 Å². The smallest absolute Gasteiger partial charge is 0.355 e. The van der Waals surface area contributed by atoms with Gasteiger partial charge in [0, 0.05) is 39.1 Å². The molecule has 1 heterocycles. The fraction of sp³-hybridized carbons (Fsp3) is 0.333. The van der Waals surface area contributed by atoms with Gasteiger partial charge in [-0.05, 0) is 17.7 Å². The molecule has 0 aliphatic heterocycles. The number of aliphatic imine (C=N–C) groups is 1. The Morgan fingerprint density at radius 2 is 2.08 bits per heavy atom. The standard InChI is InChI=1S/C15H18F3N5.HI/c1-19-14(21-6-8-23-7-5-20-11-23)22-10-12-3-2-4-13(9-12)15(16,17)18;/h2-5,7,9,11H,6,8,10H2,1H3,(H2,19,21,22);1H. The molecule has 0 aliphatic rings. The summed E-state index contributed by atoms with van der Waals surface area (Å²) in [7, 11) is 1.61. The lowest BCUT2D eigenvalue weighted by atomic mass is 10.1. The van der Waals surface area contributed by atoms with Crippen molar-refractivity contribution >= 4 is 29.9 Å². The maximum atomic E-state index is 12.7. The molecule has 0 atom stereocenters. The Labute approximate surface area is 155 Å². The number of aromatic nitrogens is 2. The van der Waals surface area contributed by atoms with Crippen molar-refractivity contribution in [2.75, 3.05) is 13.6 Å². The fourth-order valence-electron chi connectivity index (χ4n) is 1.99. The first-order chi connectivity index (χ1) is 11.0. The zero-order valence-electron chi connectivity index (χ0n) is 13.0. The van der Waals surface area contributed by atoms with Gasteiger partial charge in [-0.2, -0.15) is 13.2 Å². The number of rotatable bonds is 5. The Hall–Kier alpha value is -1.78. The van der Waals surface area contributed by atoms with E-state index in [9.17, 15) is 13.2 Å². The van der Waals surface area contributed by atoms with Crippen molar-refractivity contribution in [1.82, 2.24) is 20.2 Å². The number of alkyl halides is 3. The molecule has 0 radical (unpaired) electrons. The number of imidazole rings is 1. The molecule has 0 aliphatic carbocycles. The average Bonchev–Trinajstić information content (AvgIpc) is 3.03. The zero-order valence-corrected chi connectivity index (χ0v) is 15.4. The number of halogens is 4. The third kappa shape index (κ3) is 6.38. The maximum absolute atomic E-state index is 12.7. The van der Waals surface area contributed by atoms with Crippen LogP contribution in [-0.2, 0) is 19.3 Å². The summed E-state index contributed by atoms with van der Waals surface area (Å²) < 4.78 is 39.9. The molecular formula is C15H19F3IN5. The number of hydrogen-bond donors (Lipinski definition) is 2. The van der Waals surface area contributed by atoms with Gasteiger partial charge in [0.05, 0.1) is 11.9 Å². The predicted molar refractivity (Wildman–Crippen MR) is 97.3 cm³/mol. The summed E-state index contributed by atoms with van der Waals surface area (Å²) in [5.41, 5.74) is -0.114. The third-order valence-corrected chi connectivity index (χ3v) is 3.16. The van der Waals surface area contributed by atoms with Gasteiger partial charge in [0.25, 0.3) is 0 Å². The van der Waals surface area contributed by atoms with Crippen LogP contribution < -0.4 is 10.6 Å². The molecule has 9 heteroatoms. The minimum Gasteiger partial charge on any atom is -0.355 e. The van der Waals surface area contributed by atoms with E-state index in [1.54, 1.807) is 25.6 Å². The number of hydrogen-bond acceptors (Lipinski definition) is 2. The second kappa shape index (κ2) is 9.50. The van der Waals surface area contributed by atoms with Crippen LogP contribution in [0.1, 0.15) is 11.1 Å². The molecule has 2 N–H and O–H groups in total. The van der Waals surface area contributed by atoms with Crippen molar-refractivity contribution in [2.45, 2.75) is 19.3 Å². The Bertz CT molecular complexity index is 641. The molecule has 24 heavy (non-hydrogen) atoms. The van der Waals surface area contributed by atoms with Gasteiger partial charge in [0.15, 0.2) is 5.96 Å². The molecule has 0 unspecified atom stereocenters. The van der Waals surface area contributed by atoms with Gasteiger partial charge in [0.1, 0.15) is 0 Å². The van der Waals surface area contributed by atoms with Gasteiger partial charge >= 0.3 is 6.18 Å². The normalized spacial score (nSPS) is 11.8. The maximum Gasteiger partial charge on any atom is 0.416 e. The van der Waals surface area contributed by atoms with Gasteiger partial charge < -0.3 is 15.2 Å². The van der Waals surface area contributed by atoms with Crippen LogP contribution >= 0.6 is 24.0 Å². The minimum atomic E-state index is -4.33. The lowest BCUT2D eigenvalue weighted by Gasteiger charge is -2.13. The molecule has 132 valence electrons. The highest BCUT2D eigenvalue weighted by Gasteiger charge is 2.30. The van der Waals surface area contributed by atoms with Crippen molar-refractivity contribution in [2.24, 2.45) is 4.99 Å². The SMILES string of the molecule is CN=C(NCCn1ccnc1)NCc1cccc(C(F)(F)F)c1.I. The number of nitrogens with one attached hydrogen (secondary N) is 2. The highest BCUT2D eigenvalue weighted by atomic mass is 127. The quantitative estimate of drug-likeness (QED) is 0.416. The molecule has 1 aromatic carbocycles. The second-order valence-corrected chi connectivity index (χ2v) is 4.85. The van der Waals surface area contributed by atoms with Crippen molar-refractivity contribution in [3.63, 3.8) is 0 Å². The Morgan fingerprint density at radius 3 is 2.71 bits per heavy atom. The van der Waals surface area contributed by atoms with Crippen molar-refractivity contribution in [3.8, 4) is 0 Å². The summed E-state index contributed by atoms with van der Waals surface area (Å²) in [6.07, 6.45) is 0.919. The van der Waals surface area contributed by atoms with Crippen LogP contribution in [-0.4, -0.2) is 29.1 Å². The Kier molecular flexibility index (Phi) is 8.02. The second-order valence-electron chi connectivity index (χ2n) is 4.85. The predicted octanol–water partition coefficient (Wildman–Crippen LogP) is 2.89. The van der Waals surface area contributed by atoms with E-state index in [-0.39, 0.29) is 30.5 Å². The molecule has 0 saturated heterocycles. The molecule has 0 bridgehead atoms. The Balaban J connectivity index is 0.00000288. The van der Waals surface area contributed by atoms with Crippen LogP contribution in [0, 0.1) is 0 Å². The van der Waals surface area contributed by atoms with Crippen LogP contribution in [0.25, 0.3) is 0 Å². The summed E-state index contributed by atoms with van der Waals surface area (Å²) >= 11 is 0. The topological polar surface area (TPSA) is 54.2 Å². The molecule has 0 saturated carbocycles. The van der Waals surface area contributed by atoms with E-state index in [1.165, 1.54) is 6.07 Å². The van der Waals surface area contributed by atoms with E-state index in [0.29, 0.717) is 24.6 Å². The lowest BCUT2D eigenvalue weighted by molar-refractivity contribution is -0.137. The van der Waals surface area contributed by atoms with Crippen LogP contribution in [0.3, 0.4) is 0 Å². The molecule has 5 nitrogen and oxygen atoms in total. The minimum absolute atomic E-state index is 0. The van der Waals surface area contributed by atoms with Crippen molar-refractivity contribution in [3.05, 3.63) is 54.1 Å². The Morgan fingerprint density at radius 1 is 1.29 bits per heavy atom. The van der Waals surface area contributed by atoms with Crippen LogP contribution in [0.15, 0.2) is 48.0 Å². The summed E-state index contributed by atoms with van der Waals surface area (Å²) in [6, 6.07) is 5.23. The first-order valence-corrected chi connectivity index (χ1v) is 7.05. The summed E-state index contributed by atoms with van der Waals surface area (Å²) in [4.78, 5) is 7.98. The summed E-state index contributed by atoms with van der Waals surface area (Å²) in [6.45, 7) is 1.59. The van der Waals surface area contributed by atoms with Gasteiger partial charge in [-0.1, -0.05) is 12.1 Å². The first-order valence-electron chi connectivity index (χ1n) is 7.05. The number of nitrogens with zero attached hydrogens (tertiary/aromatic N) is 3. The molecule has 0 spiro atoms. The zero-order chi connectivity index (χ0) is 16.7. The summed E-state index contributed by atoms with van der Waals surface area (Å²) in [5, 5.41) is 6.08. The van der Waals surface area contributed by atoms with Gasteiger partial charge in [-0.3, -0.25) is 4.99 Å². The molecule has 2 rings (SSSR count). The van der Waals surface area contributed by atoms with Crippen LogP contribution in [0.4, 0.5) is 13.2 Å². The fourth-order valence-corrected chi connectivity index (χ4v) is 1.99. The van der Waals surface area contributed by atoms with E-state index >= 15 is 0 Å². The van der Waals surface area contributed by atoms with E-state index in [2.05, 4.69) is 20.6 Å². The van der Waals surface area contributed by atoms with Crippen LogP contribution in [0.5, 0.6) is 0 Å². The van der Waals surface area contributed by atoms with Gasteiger partial charge in [0.2, 0.25) is 0 Å². The molecule has 0 fully saturated rings. The lowest BCUT2D eigenvalue weighted by Crippen LogP contribution is -2.38. The largest absolute Gasteiger partial charge is 0.416 e. The molecule has 0 amide bonds. The van der Waals surface area contributed by atoms with Crippen LogP contribution in [0.2, 0.25) is 0 Å². The average molecular weight is 453 g/mol. The third-order valence-electron chi connectivity index (χ3n) is 3.16. The summed E-state index contributed by atoms with van der Waals surface area (Å²) in [5.74, 6) is 0.530. The molecular weight excluding hydrogens is 434 g/mol. The van der Waals surface area contributed by atoms with E-state index in [1.807, 2.05) is 10.8 Å². The van der Waals surface area contributed by atoms with E-state index in [4.69, 9.17) is 0 Å². The first kappa shape index (κ1) is 20.3. The van der Waals surface area contributed by atoms with Crippen molar-refractivity contribution in [1.29, 1.82) is 0 Å². The van der Waals surface area contributed by atoms with Gasteiger partial charge in [-0.25, -0.2) is 4.98 Å². The van der Waals surface area contributed by atoms with E-state index < -0.39 is 11.7 Å².